The zero-order valence-electron chi connectivity index (χ0n) is 2.09. The van der Waals surface area contributed by atoms with Crippen LogP contribution in [0.15, 0.2) is 0 Å². The van der Waals surface area contributed by atoms with Gasteiger partial charge in [-0.05, 0) is 0 Å². The molecule has 0 fully saturated rings. The molecule has 3 N–H and O–H groups in total. The maximum absolute atomic E-state index is 7.31. The van der Waals surface area contributed by atoms with E-state index in [0.29, 0.717) is 0 Å². The first-order valence-electron chi connectivity index (χ1n) is 0.600. The molecule has 0 saturated carbocycles. The van der Waals surface area contributed by atoms with E-state index in [9.17, 15) is 0 Å². The van der Waals surface area contributed by atoms with Crippen molar-refractivity contribution in [2.24, 2.45) is 0 Å². The van der Waals surface area contributed by atoms with Crippen molar-refractivity contribution in [2.45, 2.75) is 0 Å². The van der Waals surface area contributed by atoms with Crippen LogP contribution in [0.5, 0.6) is 0 Å². The van der Waals surface area contributed by atoms with Gasteiger partial charge in [0.15, 0.2) is 0 Å². The van der Waals surface area contributed by atoms with Gasteiger partial charge in [-0.1, -0.05) is 0 Å². The molecule has 5 heteroatoms. The van der Waals surface area contributed by atoms with Crippen molar-refractivity contribution >= 4 is 15.7 Å². The SMILES string of the molecule is O[As](O)O.[Cu]. The van der Waals surface area contributed by atoms with Crippen molar-refractivity contribution in [3.63, 3.8) is 0 Å². The van der Waals surface area contributed by atoms with Crippen LogP contribution in [0.2, 0.25) is 0 Å². The zero-order chi connectivity index (χ0) is 3.58. The van der Waals surface area contributed by atoms with Gasteiger partial charge in [-0.3, -0.25) is 0 Å². The van der Waals surface area contributed by atoms with Gasteiger partial charge < -0.3 is 0 Å². The third kappa shape index (κ3) is 47.3. The molecule has 0 aliphatic rings. The molecule has 0 heterocycles. The molecule has 5 heavy (non-hydrogen) atoms. The average molecular weight is 189 g/mol. The van der Waals surface area contributed by atoms with Crippen LogP contribution in [0.4, 0.5) is 0 Å². The van der Waals surface area contributed by atoms with Crippen LogP contribution in [0.3, 0.4) is 0 Å². The molecule has 0 aliphatic carbocycles. The third-order valence-corrected chi connectivity index (χ3v) is 0. The second-order valence-electron chi connectivity index (χ2n) is 0.268. The molecule has 0 atom stereocenters. The van der Waals surface area contributed by atoms with Crippen molar-refractivity contribution in [3.05, 3.63) is 0 Å². The summed E-state index contributed by atoms with van der Waals surface area (Å²) < 4.78 is 21.9. The summed E-state index contributed by atoms with van der Waals surface area (Å²) in [6.45, 7) is 0. The van der Waals surface area contributed by atoms with E-state index in [4.69, 9.17) is 12.3 Å². The van der Waals surface area contributed by atoms with Crippen molar-refractivity contribution in [3.8, 4) is 0 Å². The van der Waals surface area contributed by atoms with Gasteiger partial charge >= 0.3 is 28.0 Å². The maximum atomic E-state index is 7.31. The Morgan fingerprint density at radius 1 is 1.00 bits per heavy atom. The molecule has 0 bridgehead atoms. The molecule has 1 radical (unpaired) electrons. The Morgan fingerprint density at radius 2 is 1.00 bits per heavy atom. The van der Waals surface area contributed by atoms with Gasteiger partial charge in [0.05, 0.1) is 0 Å². The van der Waals surface area contributed by atoms with E-state index < -0.39 is 15.7 Å². The topological polar surface area (TPSA) is 60.7 Å². The van der Waals surface area contributed by atoms with E-state index in [1.807, 2.05) is 0 Å². The Hall–Kier alpha value is 0.958. The number of hydrogen-bond acceptors (Lipinski definition) is 3. The fourth-order valence-corrected chi connectivity index (χ4v) is 0. The summed E-state index contributed by atoms with van der Waals surface area (Å²) in [4.78, 5) is 0. The zero-order valence-corrected chi connectivity index (χ0v) is 4.91. The smallest absolute Gasteiger partial charge is 0 e. The quantitative estimate of drug-likeness (QED) is 0.384. The molecule has 0 spiro atoms. The first-order valence-corrected chi connectivity index (χ1v) is 3.12. The molecule has 37 valence electrons. The van der Waals surface area contributed by atoms with Crippen molar-refractivity contribution in [1.29, 1.82) is 0 Å². The molecular weight excluding hydrogens is 186 g/mol. The van der Waals surface area contributed by atoms with Crippen LogP contribution in [0.1, 0.15) is 0 Å². The largest absolute Gasteiger partial charge is 0 e. The van der Waals surface area contributed by atoms with E-state index in [-0.39, 0.29) is 17.1 Å². The van der Waals surface area contributed by atoms with Gasteiger partial charge in [-0.2, -0.15) is 0 Å². The summed E-state index contributed by atoms with van der Waals surface area (Å²) in [6, 6.07) is 0. The predicted octanol–water partition coefficient (Wildman–Crippen LogP) is -2.05. The average Bonchev–Trinajstić information content (AvgIpc) is 0.811. The molecule has 0 unspecified atom stereocenters. The number of hydrogen-bond donors (Lipinski definition) is 3. The van der Waals surface area contributed by atoms with Gasteiger partial charge in [-0.15, -0.1) is 0 Å². The second-order valence-corrected chi connectivity index (χ2v) is 1.39. The van der Waals surface area contributed by atoms with Gasteiger partial charge in [0.25, 0.3) is 0 Å². The van der Waals surface area contributed by atoms with E-state index in [1.54, 1.807) is 0 Å². The molecule has 0 saturated heterocycles. The Labute approximate surface area is 45.4 Å². The molecule has 0 rings (SSSR count). The van der Waals surface area contributed by atoms with Gasteiger partial charge in [-0.25, -0.2) is 0 Å². The van der Waals surface area contributed by atoms with Crippen LogP contribution in [-0.4, -0.2) is 28.0 Å². The normalized spacial score (nSPS) is 7.20. The van der Waals surface area contributed by atoms with Gasteiger partial charge in [0.1, 0.15) is 0 Å². The van der Waals surface area contributed by atoms with Gasteiger partial charge in [0, 0.05) is 17.1 Å². The standard InChI is InChI=1S/AsH3O3.Cu/c2-1(3)4;/h2-4H;. The van der Waals surface area contributed by atoms with Crippen LogP contribution < -0.4 is 0 Å². The minimum atomic E-state index is -3.19. The summed E-state index contributed by atoms with van der Waals surface area (Å²) >= 11 is -3.19. The summed E-state index contributed by atoms with van der Waals surface area (Å²) in [6.07, 6.45) is 0. The monoisotopic (exact) mass is 189 g/mol. The third-order valence-electron chi connectivity index (χ3n) is 0. The van der Waals surface area contributed by atoms with E-state index >= 15 is 0 Å². The van der Waals surface area contributed by atoms with E-state index in [2.05, 4.69) is 0 Å². The van der Waals surface area contributed by atoms with Crippen LogP contribution >= 0.6 is 0 Å². The summed E-state index contributed by atoms with van der Waals surface area (Å²) in [5, 5.41) is 0. The Kier molecular flexibility index (Phi) is 9.27. The number of rotatable bonds is 0. The first kappa shape index (κ1) is 9.35. The Bertz CT molecular complexity index is 11.6. The van der Waals surface area contributed by atoms with Crippen molar-refractivity contribution in [2.75, 3.05) is 0 Å². The minimum Gasteiger partial charge on any atom is 0 e. The molecule has 0 amide bonds. The molecule has 0 aliphatic heterocycles. The fraction of sp³-hybridized carbons (Fsp3) is 0. The van der Waals surface area contributed by atoms with Crippen LogP contribution in [-0.2, 0) is 17.1 Å². The molecule has 0 aromatic carbocycles. The molecular formula is H3AsCuO3. The van der Waals surface area contributed by atoms with Crippen LogP contribution in [0, 0.1) is 0 Å². The predicted molar refractivity (Wildman–Crippen MR) is 12.4 cm³/mol. The molecule has 0 aromatic rings. The fourth-order valence-electron chi connectivity index (χ4n) is 0. The maximum Gasteiger partial charge on any atom is 0 e. The van der Waals surface area contributed by atoms with Gasteiger partial charge in [0.2, 0.25) is 0 Å². The molecule has 0 aromatic heterocycles. The summed E-state index contributed by atoms with van der Waals surface area (Å²) in [5.41, 5.74) is 0. The Balaban J connectivity index is 0. The van der Waals surface area contributed by atoms with Crippen molar-refractivity contribution in [1.82, 2.24) is 0 Å². The summed E-state index contributed by atoms with van der Waals surface area (Å²) in [7, 11) is 0. The van der Waals surface area contributed by atoms with Crippen LogP contribution in [0.25, 0.3) is 0 Å². The van der Waals surface area contributed by atoms with E-state index in [0.717, 1.165) is 0 Å². The Morgan fingerprint density at radius 3 is 1.00 bits per heavy atom. The van der Waals surface area contributed by atoms with Crippen molar-refractivity contribution < 1.29 is 29.4 Å². The molecule has 3 nitrogen and oxygen atoms in total. The summed E-state index contributed by atoms with van der Waals surface area (Å²) in [5.74, 6) is 0. The second kappa shape index (κ2) is 4.96. The van der Waals surface area contributed by atoms with E-state index in [1.165, 1.54) is 0 Å². The first-order chi connectivity index (χ1) is 1.73. The minimum absolute atomic E-state index is 0.